The number of carbonyl (C=O) groups excluding carboxylic acids is 1. The van der Waals surface area contributed by atoms with Crippen LogP contribution in [-0.2, 0) is 4.74 Å². The molecule has 1 fully saturated rings. The Labute approximate surface area is 204 Å². The molecule has 3 rings (SSSR count). The zero-order valence-electron chi connectivity index (χ0n) is 18.9. The van der Waals surface area contributed by atoms with Gasteiger partial charge in [-0.2, -0.15) is 4.98 Å². The number of carbonyl (C=O) groups is 1. The monoisotopic (exact) mass is 499 g/mol. The van der Waals surface area contributed by atoms with Gasteiger partial charge in [-0.05, 0) is 52.3 Å². The van der Waals surface area contributed by atoms with E-state index in [0.717, 1.165) is 5.56 Å². The Morgan fingerprint density at radius 2 is 1.78 bits per heavy atom. The predicted octanol–water partition coefficient (Wildman–Crippen LogP) is 5.98. The van der Waals surface area contributed by atoms with Crippen LogP contribution in [0.3, 0.4) is 0 Å². The minimum Gasteiger partial charge on any atom is -0.444 e. The molecule has 1 amide bonds. The van der Waals surface area contributed by atoms with Crippen LogP contribution in [0.5, 0.6) is 0 Å². The lowest BCUT2D eigenvalue weighted by Gasteiger charge is -2.35. The van der Waals surface area contributed by atoms with Crippen molar-refractivity contribution < 1.29 is 9.53 Å². The first kappa shape index (κ1) is 24.7. The quantitative estimate of drug-likeness (QED) is 0.557. The van der Waals surface area contributed by atoms with E-state index in [9.17, 15) is 4.79 Å². The maximum Gasteiger partial charge on any atom is 0.410 e. The predicted molar refractivity (Wildman–Crippen MR) is 130 cm³/mol. The number of halogens is 3. The zero-order valence-corrected chi connectivity index (χ0v) is 21.1. The third kappa shape index (κ3) is 6.09. The molecule has 1 aromatic carbocycles. The number of hydrogen-bond donors (Lipinski definition) is 1. The van der Waals surface area contributed by atoms with E-state index in [1.54, 1.807) is 17.0 Å². The second-order valence-electron chi connectivity index (χ2n) is 8.76. The molecular formula is C22H28Cl3N5O2. The lowest BCUT2D eigenvalue weighted by Crippen LogP contribution is -2.50. The van der Waals surface area contributed by atoms with E-state index in [4.69, 9.17) is 39.5 Å². The van der Waals surface area contributed by atoms with E-state index in [0.29, 0.717) is 58.7 Å². The first-order chi connectivity index (χ1) is 14.9. The Hall–Kier alpha value is -1.96. The van der Waals surface area contributed by atoms with E-state index < -0.39 is 5.60 Å². The number of nitrogens with zero attached hydrogens (tertiary/aromatic N) is 4. The average Bonchev–Trinajstić information content (AvgIpc) is 2.70. The summed E-state index contributed by atoms with van der Waals surface area (Å²) in [6.07, 6.45) is -0.304. The number of amides is 1. The number of piperazine rings is 1. The lowest BCUT2D eigenvalue weighted by atomic mass is 10.1. The Balaban J connectivity index is 1.72. The molecule has 32 heavy (non-hydrogen) atoms. The molecule has 1 aliphatic rings. The van der Waals surface area contributed by atoms with Crippen molar-refractivity contribution in [1.29, 1.82) is 0 Å². The molecule has 2 aromatic rings. The molecule has 0 aliphatic carbocycles. The molecule has 0 radical (unpaired) electrons. The highest BCUT2D eigenvalue weighted by Gasteiger charge is 2.27. The molecule has 7 nitrogen and oxygen atoms in total. The summed E-state index contributed by atoms with van der Waals surface area (Å²) in [7, 11) is 0. The number of anilines is 2. The van der Waals surface area contributed by atoms with Crippen LogP contribution < -0.4 is 10.2 Å². The highest BCUT2D eigenvalue weighted by Crippen LogP contribution is 2.32. The van der Waals surface area contributed by atoms with Gasteiger partial charge in [0, 0.05) is 36.2 Å². The SMILES string of the molecule is Cc1nc(N2CCN(C(=O)OC(C)(C)C)CC2)nc(N[C@H](C)c2ccc(Cl)cc2Cl)c1Cl. The van der Waals surface area contributed by atoms with Crippen molar-refractivity contribution in [1.82, 2.24) is 14.9 Å². The normalized spacial score (nSPS) is 15.5. The first-order valence-electron chi connectivity index (χ1n) is 10.4. The molecule has 1 aliphatic heterocycles. The highest BCUT2D eigenvalue weighted by molar-refractivity contribution is 6.35. The molecule has 10 heteroatoms. The number of ether oxygens (including phenoxy) is 1. The van der Waals surface area contributed by atoms with Crippen molar-refractivity contribution in [3.05, 3.63) is 44.5 Å². The Bertz CT molecular complexity index is 988. The van der Waals surface area contributed by atoms with Crippen LogP contribution >= 0.6 is 34.8 Å². The summed E-state index contributed by atoms with van der Waals surface area (Å²) in [4.78, 5) is 25.3. The molecule has 0 saturated carbocycles. The summed E-state index contributed by atoms with van der Waals surface area (Å²) in [5.74, 6) is 1.09. The number of rotatable bonds is 4. The third-order valence-electron chi connectivity index (χ3n) is 5.00. The Morgan fingerprint density at radius 3 is 2.38 bits per heavy atom. The number of aromatic nitrogens is 2. The van der Waals surface area contributed by atoms with Crippen molar-refractivity contribution in [2.24, 2.45) is 0 Å². The molecule has 2 heterocycles. The summed E-state index contributed by atoms with van der Waals surface area (Å²) < 4.78 is 5.47. The first-order valence-corrected chi connectivity index (χ1v) is 11.6. The molecule has 1 aromatic heterocycles. The third-order valence-corrected chi connectivity index (χ3v) is 6.02. The second kappa shape index (κ2) is 9.89. The van der Waals surface area contributed by atoms with Crippen LogP contribution in [0.25, 0.3) is 0 Å². The van der Waals surface area contributed by atoms with Gasteiger partial charge in [0.25, 0.3) is 0 Å². The van der Waals surface area contributed by atoms with E-state index in [1.165, 1.54) is 0 Å². The number of aryl methyl sites for hydroxylation is 1. The van der Waals surface area contributed by atoms with E-state index in [1.807, 2.05) is 45.6 Å². The van der Waals surface area contributed by atoms with Crippen molar-refractivity contribution in [3.63, 3.8) is 0 Å². The van der Waals surface area contributed by atoms with Crippen molar-refractivity contribution in [2.75, 3.05) is 36.4 Å². The molecular weight excluding hydrogens is 473 g/mol. The van der Waals surface area contributed by atoms with Gasteiger partial charge in [-0.15, -0.1) is 0 Å². The second-order valence-corrected chi connectivity index (χ2v) is 9.98. The molecule has 1 atom stereocenters. The van der Waals surface area contributed by atoms with E-state index in [-0.39, 0.29) is 12.1 Å². The smallest absolute Gasteiger partial charge is 0.410 e. The standard InChI is InChI=1S/C22H28Cl3N5O2/c1-13(16-7-6-15(23)12-17(16)24)26-19-18(25)14(2)27-20(28-19)29-8-10-30(11-9-29)21(31)32-22(3,4)5/h6-7,12-13H,8-11H2,1-5H3,(H,26,27,28)/t13-/m1/s1. The van der Waals surface area contributed by atoms with Gasteiger partial charge >= 0.3 is 6.09 Å². The van der Waals surface area contributed by atoms with Crippen LogP contribution in [0, 0.1) is 6.92 Å². The maximum atomic E-state index is 12.3. The number of benzene rings is 1. The van der Waals surface area contributed by atoms with Crippen LogP contribution in [-0.4, -0.2) is 52.7 Å². The van der Waals surface area contributed by atoms with Crippen LogP contribution in [0.2, 0.25) is 15.1 Å². The van der Waals surface area contributed by atoms with Gasteiger partial charge < -0.3 is 19.9 Å². The minimum atomic E-state index is -0.519. The van der Waals surface area contributed by atoms with Crippen LogP contribution in [0.1, 0.15) is 45.0 Å². The highest BCUT2D eigenvalue weighted by atomic mass is 35.5. The average molecular weight is 501 g/mol. The van der Waals surface area contributed by atoms with Crippen LogP contribution in [0.15, 0.2) is 18.2 Å². The van der Waals surface area contributed by atoms with Gasteiger partial charge in [-0.3, -0.25) is 0 Å². The van der Waals surface area contributed by atoms with Gasteiger partial charge in [0.2, 0.25) is 5.95 Å². The largest absolute Gasteiger partial charge is 0.444 e. The number of nitrogens with one attached hydrogen (secondary N) is 1. The molecule has 0 unspecified atom stereocenters. The zero-order chi connectivity index (χ0) is 23.6. The van der Waals surface area contributed by atoms with Gasteiger partial charge in [0.1, 0.15) is 10.6 Å². The Morgan fingerprint density at radius 1 is 1.12 bits per heavy atom. The van der Waals surface area contributed by atoms with Crippen molar-refractivity contribution in [2.45, 2.75) is 46.3 Å². The minimum absolute atomic E-state index is 0.150. The molecule has 0 spiro atoms. The van der Waals surface area contributed by atoms with Crippen molar-refractivity contribution >= 4 is 52.7 Å². The summed E-state index contributed by atoms with van der Waals surface area (Å²) >= 11 is 18.9. The topological polar surface area (TPSA) is 70.6 Å². The molecule has 174 valence electrons. The molecule has 0 bridgehead atoms. The van der Waals surface area contributed by atoms with E-state index in [2.05, 4.69) is 15.3 Å². The molecule has 1 saturated heterocycles. The fraction of sp³-hybridized carbons (Fsp3) is 0.500. The van der Waals surface area contributed by atoms with Crippen molar-refractivity contribution in [3.8, 4) is 0 Å². The summed E-state index contributed by atoms with van der Waals surface area (Å²) in [6, 6.07) is 5.23. The fourth-order valence-corrected chi connectivity index (χ4v) is 4.04. The molecule has 1 N–H and O–H groups in total. The summed E-state index contributed by atoms with van der Waals surface area (Å²) in [5.41, 5.74) is 1.04. The van der Waals surface area contributed by atoms with Gasteiger partial charge in [0.05, 0.1) is 11.7 Å². The van der Waals surface area contributed by atoms with Gasteiger partial charge in [0.15, 0.2) is 5.82 Å². The van der Waals surface area contributed by atoms with E-state index >= 15 is 0 Å². The van der Waals surface area contributed by atoms with Gasteiger partial charge in [-0.25, -0.2) is 9.78 Å². The fourth-order valence-electron chi connectivity index (χ4n) is 3.33. The summed E-state index contributed by atoms with van der Waals surface area (Å²) in [5, 5.41) is 4.94. The van der Waals surface area contributed by atoms with Gasteiger partial charge in [-0.1, -0.05) is 40.9 Å². The lowest BCUT2D eigenvalue weighted by molar-refractivity contribution is 0.0240. The number of hydrogen-bond acceptors (Lipinski definition) is 6. The summed E-state index contributed by atoms with van der Waals surface area (Å²) in [6.45, 7) is 11.6. The Kier molecular flexibility index (Phi) is 7.63. The maximum absolute atomic E-state index is 12.3. The van der Waals surface area contributed by atoms with Crippen LogP contribution in [0.4, 0.5) is 16.6 Å².